The maximum atomic E-state index is 11.7. The van der Waals surface area contributed by atoms with E-state index in [-0.39, 0.29) is 12.3 Å². The van der Waals surface area contributed by atoms with Crippen molar-refractivity contribution in [2.45, 2.75) is 6.42 Å². The fourth-order valence-electron chi connectivity index (χ4n) is 1.62. The Hall–Kier alpha value is -1.91. The fourth-order valence-corrected chi connectivity index (χ4v) is 1.62. The van der Waals surface area contributed by atoms with Crippen molar-refractivity contribution < 1.29 is 19.0 Å². The number of hydrogen-bond donors (Lipinski definition) is 0. The van der Waals surface area contributed by atoms with Crippen LogP contribution >= 0.6 is 0 Å². The zero-order valence-electron chi connectivity index (χ0n) is 11.4. The molecule has 0 saturated heterocycles. The van der Waals surface area contributed by atoms with Crippen molar-refractivity contribution in [1.29, 1.82) is 0 Å². The minimum atomic E-state index is 0.000481. The topological polar surface area (TPSA) is 48.0 Å². The molecule has 1 aromatic rings. The highest BCUT2D eigenvalue weighted by Crippen LogP contribution is 2.39. The average molecular weight is 253 g/mol. The monoisotopic (exact) mass is 253 g/mol. The van der Waals surface area contributed by atoms with Crippen LogP contribution in [0.5, 0.6) is 17.2 Å². The molecule has 5 nitrogen and oxygen atoms in total. The van der Waals surface area contributed by atoms with Crippen LogP contribution in [-0.2, 0) is 11.2 Å². The summed E-state index contributed by atoms with van der Waals surface area (Å²) in [5.41, 5.74) is 0.772. The van der Waals surface area contributed by atoms with E-state index in [0.29, 0.717) is 17.2 Å². The molecular formula is C13H19NO4. The second kappa shape index (κ2) is 6.14. The van der Waals surface area contributed by atoms with Crippen LogP contribution in [0.2, 0.25) is 0 Å². The molecule has 5 heteroatoms. The summed E-state index contributed by atoms with van der Waals surface area (Å²) in [6.07, 6.45) is 0.260. The van der Waals surface area contributed by atoms with Crippen LogP contribution in [0, 0.1) is 0 Å². The summed E-state index contributed by atoms with van der Waals surface area (Å²) >= 11 is 0. The molecule has 0 aliphatic heterocycles. The van der Waals surface area contributed by atoms with Crippen molar-refractivity contribution in [3.05, 3.63) is 17.7 Å². The van der Waals surface area contributed by atoms with Gasteiger partial charge in [-0.3, -0.25) is 4.79 Å². The number of hydrogen-bond acceptors (Lipinski definition) is 4. The highest BCUT2D eigenvalue weighted by atomic mass is 16.5. The first-order valence-electron chi connectivity index (χ1n) is 5.53. The van der Waals surface area contributed by atoms with E-state index in [9.17, 15) is 4.79 Å². The molecule has 18 heavy (non-hydrogen) atoms. The molecule has 1 aromatic carbocycles. The lowest BCUT2D eigenvalue weighted by atomic mass is 10.1. The van der Waals surface area contributed by atoms with Crippen LogP contribution in [0.3, 0.4) is 0 Å². The van der Waals surface area contributed by atoms with Crippen molar-refractivity contribution in [3.8, 4) is 17.2 Å². The Morgan fingerprint density at radius 3 is 2.11 bits per heavy atom. The molecule has 0 aliphatic rings. The largest absolute Gasteiger partial charge is 0.493 e. The molecule has 1 amide bonds. The molecule has 1 rings (SSSR count). The van der Waals surface area contributed by atoms with Crippen LogP contribution in [-0.4, -0.2) is 46.2 Å². The van der Waals surface area contributed by atoms with Crippen LogP contribution in [0.25, 0.3) is 0 Å². The number of likely N-dealkylation sites (N-methyl/N-ethyl adjacent to an activating group) is 1. The van der Waals surface area contributed by atoms with E-state index in [1.54, 1.807) is 34.4 Å². The van der Waals surface area contributed by atoms with Crippen molar-refractivity contribution in [2.75, 3.05) is 35.4 Å². The maximum absolute atomic E-state index is 11.7. The average Bonchev–Trinajstić information content (AvgIpc) is 2.37. The third-order valence-corrected chi connectivity index (χ3v) is 2.63. The molecule has 0 radical (unpaired) electrons. The first-order valence-corrected chi connectivity index (χ1v) is 5.53. The van der Waals surface area contributed by atoms with Gasteiger partial charge in [-0.15, -0.1) is 0 Å². The van der Waals surface area contributed by atoms with Gasteiger partial charge in [-0.25, -0.2) is 0 Å². The van der Waals surface area contributed by atoms with Crippen molar-refractivity contribution in [2.24, 2.45) is 0 Å². The summed E-state index contributed by atoms with van der Waals surface area (Å²) in [5, 5.41) is 0. The standard InChI is InChI=1S/C13H19NO4/c1-14(2)11(15)8-9-6-7-10(16-3)13(18-5)12(9)17-4/h6-7H,8H2,1-5H3. The smallest absolute Gasteiger partial charge is 0.226 e. The van der Waals surface area contributed by atoms with Crippen LogP contribution < -0.4 is 14.2 Å². The maximum Gasteiger partial charge on any atom is 0.226 e. The van der Waals surface area contributed by atoms with Gasteiger partial charge < -0.3 is 19.1 Å². The number of carbonyl (C=O) groups is 1. The third kappa shape index (κ3) is 2.85. The molecule has 0 fully saturated rings. The van der Waals surface area contributed by atoms with E-state index >= 15 is 0 Å². The van der Waals surface area contributed by atoms with E-state index in [2.05, 4.69) is 0 Å². The SMILES string of the molecule is COc1ccc(CC(=O)N(C)C)c(OC)c1OC. The van der Waals surface area contributed by atoms with Gasteiger partial charge in [0, 0.05) is 19.7 Å². The lowest BCUT2D eigenvalue weighted by Gasteiger charge is -2.16. The number of nitrogens with zero attached hydrogens (tertiary/aromatic N) is 1. The molecular weight excluding hydrogens is 234 g/mol. The molecule has 0 spiro atoms. The van der Waals surface area contributed by atoms with Crippen LogP contribution in [0.1, 0.15) is 5.56 Å². The van der Waals surface area contributed by atoms with E-state index in [1.807, 2.05) is 6.07 Å². The molecule has 0 atom stereocenters. The van der Waals surface area contributed by atoms with Crippen molar-refractivity contribution in [3.63, 3.8) is 0 Å². The Morgan fingerprint density at radius 2 is 1.67 bits per heavy atom. The van der Waals surface area contributed by atoms with Gasteiger partial charge in [0.1, 0.15) is 0 Å². The van der Waals surface area contributed by atoms with Gasteiger partial charge >= 0.3 is 0 Å². The van der Waals surface area contributed by atoms with E-state index in [0.717, 1.165) is 5.56 Å². The Morgan fingerprint density at radius 1 is 1.06 bits per heavy atom. The normalized spacial score (nSPS) is 9.83. The van der Waals surface area contributed by atoms with Gasteiger partial charge in [0.25, 0.3) is 0 Å². The molecule has 0 aromatic heterocycles. The number of carbonyl (C=O) groups excluding carboxylic acids is 1. The third-order valence-electron chi connectivity index (χ3n) is 2.63. The first-order chi connectivity index (χ1) is 8.54. The fraction of sp³-hybridized carbons (Fsp3) is 0.462. The van der Waals surface area contributed by atoms with Gasteiger partial charge in [0.05, 0.1) is 27.8 Å². The summed E-state index contributed by atoms with van der Waals surface area (Å²) in [6.45, 7) is 0. The summed E-state index contributed by atoms with van der Waals surface area (Å²) in [4.78, 5) is 13.3. The molecule has 0 N–H and O–H groups in total. The van der Waals surface area contributed by atoms with E-state index in [4.69, 9.17) is 14.2 Å². The predicted molar refractivity (Wildman–Crippen MR) is 68.5 cm³/mol. The summed E-state index contributed by atoms with van der Waals surface area (Å²) in [5.74, 6) is 1.62. The number of benzene rings is 1. The minimum Gasteiger partial charge on any atom is -0.493 e. The molecule has 0 heterocycles. The highest BCUT2D eigenvalue weighted by Gasteiger charge is 2.18. The number of methoxy groups -OCH3 is 3. The summed E-state index contributed by atoms with van der Waals surface area (Å²) in [6, 6.07) is 3.57. The first kappa shape index (κ1) is 14.2. The molecule has 100 valence electrons. The number of amides is 1. The Balaban J connectivity index is 3.16. The summed E-state index contributed by atoms with van der Waals surface area (Å²) in [7, 11) is 8.08. The zero-order chi connectivity index (χ0) is 13.7. The lowest BCUT2D eigenvalue weighted by molar-refractivity contribution is -0.127. The summed E-state index contributed by atoms with van der Waals surface area (Å²) < 4.78 is 15.8. The van der Waals surface area contributed by atoms with E-state index < -0.39 is 0 Å². The second-order valence-corrected chi connectivity index (χ2v) is 3.96. The van der Waals surface area contributed by atoms with Gasteiger partial charge in [0.2, 0.25) is 11.7 Å². The van der Waals surface area contributed by atoms with Gasteiger partial charge in [-0.1, -0.05) is 6.07 Å². The van der Waals surface area contributed by atoms with E-state index in [1.165, 1.54) is 12.0 Å². The van der Waals surface area contributed by atoms with Gasteiger partial charge in [-0.2, -0.15) is 0 Å². The van der Waals surface area contributed by atoms with Gasteiger partial charge in [0.15, 0.2) is 11.5 Å². The lowest BCUT2D eigenvalue weighted by Crippen LogP contribution is -2.23. The van der Waals surface area contributed by atoms with Crippen molar-refractivity contribution in [1.82, 2.24) is 4.90 Å². The highest BCUT2D eigenvalue weighted by molar-refractivity contribution is 5.79. The molecule has 0 bridgehead atoms. The molecule has 0 aliphatic carbocycles. The molecule has 0 saturated carbocycles. The van der Waals surface area contributed by atoms with Crippen LogP contribution in [0.4, 0.5) is 0 Å². The van der Waals surface area contributed by atoms with Gasteiger partial charge in [-0.05, 0) is 6.07 Å². The Labute approximate surface area is 107 Å². The Kier molecular flexibility index (Phi) is 4.83. The number of rotatable bonds is 5. The zero-order valence-corrected chi connectivity index (χ0v) is 11.4. The molecule has 0 unspecified atom stereocenters. The number of ether oxygens (including phenoxy) is 3. The minimum absolute atomic E-state index is 0.000481. The predicted octanol–water partition coefficient (Wildman–Crippen LogP) is 1.34. The second-order valence-electron chi connectivity index (χ2n) is 3.96. The Bertz CT molecular complexity index is 429. The van der Waals surface area contributed by atoms with Crippen LogP contribution in [0.15, 0.2) is 12.1 Å². The van der Waals surface area contributed by atoms with Crippen molar-refractivity contribution >= 4 is 5.91 Å². The quantitative estimate of drug-likeness (QED) is 0.794.